The second kappa shape index (κ2) is 9.84. The number of amides is 2. The molecule has 1 aliphatic heterocycles. The first-order valence-electron chi connectivity index (χ1n) is 10.1. The lowest BCUT2D eigenvalue weighted by Gasteiger charge is -2.36. The molecule has 0 spiro atoms. The molecule has 3 aromatic carbocycles. The van der Waals surface area contributed by atoms with Gasteiger partial charge in [0, 0.05) is 6.54 Å². The minimum absolute atomic E-state index is 0.0171. The normalized spacial score (nSPS) is 15.4. The molecule has 3 aromatic rings. The fourth-order valence-electron chi connectivity index (χ4n) is 3.59. The van der Waals surface area contributed by atoms with E-state index >= 15 is 0 Å². The van der Waals surface area contributed by atoms with Gasteiger partial charge in [-0.15, -0.1) is 0 Å². The van der Waals surface area contributed by atoms with Crippen LogP contribution in [0.5, 0.6) is 0 Å². The maximum absolute atomic E-state index is 13.8. The third-order valence-electron chi connectivity index (χ3n) is 5.21. The van der Waals surface area contributed by atoms with Crippen LogP contribution < -0.4 is 14.9 Å². The zero-order valence-corrected chi connectivity index (χ0v) is 20.5. The van der Waals surface area contributed by atoms with Gasteiger partial charge in [0.1, 0.15) is 10.9 Å². The van der Waals surface area contributed by atoms with Crippen LogP contribution in [0.1, 0.15) is 12.0 Å². The van der Waals surface area contributed by atoms with Crippen LogP contribution in [0.15, 0.2) is 71.6 Å². The molecule has 11 heteroatoms. The topological polar surface area (TPSA) is 95.6 Å². The van der Waals surface area contributed by atoms with Crippen LogP contribution in [0.2, 0.25) is 15.1 Å². The van der Waals surface area contributed by atoms with E-state index in [0.717, 1.165) is 15.9 Å². The number of carbonyl (C=O) groups is 2. The summed E-state index contributed by atoms with van der Waals surface area (Å²) in [7, 11) is -4.42. The van der Waals surface area contributed by atoms with Gasteiger partial charge < -0.3 is 10.6 Å². The Bertz CT molecular complexity index is 1370. The number of nitrogens with zero attached hydrogens (tertiary/aromatic N) is 1. The molecule has 0 saturated heterocycles. The first kappa shape index (κ1) is 24.3. The van der Waals surface area contributed by atoms with Crippen molar-refractivity contribution in [3.63, 3.8) is 0 Å². The van der Waals surface area contributed by atoms with E-state index in [1.54, 1.807) is 18.2 Å². The highest BCUT2D eigenvalue weighted by Gasteiger charge is 2.42. The van der Waals surface area contributed by atoms with Gasteiger partial charge in [-0.05, 0) is 29.8 Å². The van der Waals surface area contributed by atoms with E-state index in [1.165, 1.54) is 12.1 Å². The minimum atomic E-state index is -4.42. The van der Waals surface area contributed by atoms with E-state index in [0.29, 0.717) is 0 Å². The molecule has 0 saturated carbocycles. The van der Waals surface area contributed by atoms with Crippen LogP contribution in [0.3, 0.4) is 0 Å². The van der Waals surface area contributed by atoms with Gasteiger partial charge in [-0.3, -0.25) is 13.9 Å². The molecule has 34 heavy (non-hydrogen) atoms. The van der Waals surface area contributed by atoms with Gasteiger partial charge in [-0.1, -0.05) is 77.3 Å². The van der Waals surface area contributed by atoms with Gasteiger partial charge in [-0.2, -0.15) is 0 Å². The van der Waals surface area contributed by atoms with Crippen molar-refractivity contribution >= 4 is 68.0 Å². The largest absolute Gasteiger partial charge is 0.352 e. The first-order chi connectivity index (χ1) is 16.2. The van der Waals surface area contributed by atoms with Crippen molar-refractivity contribution in [1.29, 1.82) is 0 Å². The molecule has 1 aliphatic rings. The Labute approximate surface area is 211 Å². The summed E-state index contributed by atoms with van der Waals surface area (Å²) in [6.45, 7) is 0.232. The summed E-state index contributed by atoms with van der Waals surface area (Å²) in [5.41, 5.74) is 1.35. The second-order valence-electron chi connectivity index (χ2n) is 7.49. The molecule has 2 amide bonds. The van der Waals surface area contributed by atoms with E-state index in [2.05, 4.69) is 10.6 Å². The fourth-order valence-corrected chi connectivity index (χ4v) is 6.20. The highest BCUT2D eigenvalue weighted by Crippen LogP contribution is 2.40. The summed E-state index contributed by atoms with van der Waals surface area (Å²) in [6, 6.07) is 16.6. The van der Waals surface area contributed by atoms with Gasteiger partial charge in [-0.25, -0.2) is 8.42 Å². The number of benzene rings is 3. The van der Waals surface area contributed by atoms with Crippen LogP contribution >= 0.6 is 34.8 Å². The molecule has 0 aromatic heterocycles. The smallest absolute Gasteiger partial charge is 0.266 e. The van der Waals surface area contributed by atoms with Crippen molar-refractivity contribution in [3.05, 3.63) is 87.4 Å². The maximum Gasteiger partial charge on any atom is 0.266 e. The maximum atomic E-state index is 13.8. The van der Waals surface area contributed by atoms with E-state index in [1.807, 2.05) is 30.3 Å². The fraction of sp³-hybridized carbons (Fsp3) is 0.130. The summed E-state index contributed by atoms with van der Waals surface area (Å²) in [5.74, 6) is -1.14. The molecule has 0 unspecified atom stereocenters. The number of anilines is 2. The zero-order valence-electron chi connectivity index (χ0n) is 17.5. The minimum Gasteiger partial charge on any atom is -0.352 e. The molecule has 176 valence electrons. The molecule has 4 rings (SSSR count). The van der Waals surface area contributed by atoms with Gasteiger partial charge in [0.25, 0.3) is 10.0 Å². The van der Waals surface area contributed by atoms with Gasteiger partial charge in [0.05, 0.1) is 32.9 Å². The SMILES string of the molecule is O=C(C[C@@H]1C(=O)Nc2ccccc2N1S(=O)(=O)c1cc(Cl)c(Cl)cc1Cl)NCc1ccccc1. The Kier molecular flexibility index (Phi) is 7.04. The lowest BCUT2D eigenvalue weighted by atomic mass is 10.1. The molecule has 7 nitrogen and oxygen atoms in total. The number of fused-ring (bicyclic) bond motifs is 1. The van der Waals surface area contributed by atoms with Crippen molar-refractivity contribution < 1.29 is 18.0 Å². The number of carbonyl (C=O) groups excluding carboxylic acids is 2. The van der Waals surface area contributed by atoms with Gasteiger partial charge in [0.15, 0.2) is 0 Å². The third-order valence-corrected chi connectivity index (χ3v) is 8.22. The van der Waals surface area contributed by atoms with Crippen LogP contribution in [-0.2, 0) is 26.2 Å². The van der Waals surface area contributed by atoms with Gasteiger partial charge >= 0.3 is 0 Å². The number of halogens is 3. The highest BCUT2D eigenvalue weighted by atomic mass is 35.5. The summed E-state index contributed by atoms with van der Waals surface area (Å²) >= 11 is 18.2. The van der Waals surface area contributed by atoms with E-state index < -0.39 is 34.3 Å². The van der Waals surface area contributed by atoms with Crippen molar-refractivity contribution in [2.45, 2.75) is 23.9 Å². The van der Waals surface area contributed by atoms with Crippen LogP contribution in [0.4, 0.5) is 11.4 Å². The second-order valence-corrected chi connectivity index (χ2v) is 10.5. The highest BCUT2D eigenvalue weighted by molar-refractivity contribution is 7.93. The molecule has 0 bridgehead atoms. The monoisotopic (exact) mass is 537 g/mol. The Morgan fingerprint density at radius 2 is 1.59 bits per heavy atom. The number of sulfonamides is 1. The Morgan fingerprint density at radius 1 is 0.941 bits per heavy atom. The third kappa shape index (κ3) is 4.86. The summed E-state index contributed by atoms with van der Waals surface area (Å²) in [4.78, 5) is 25.4. The molecule has 0 fully saturated rings. The summed E-state index contributed by atoms with van der Waals surface area (Å²) in [6.07, 6.45) is -0.412. The van der Waals surface area contributed by atoms with Crippen LogP contribution in [0, 0.1) is 0 Å². The Morgan fingerprint density at radius 3 is 2.32 bits per heavy atom. The van der Waals surface area contributed by atoms with Crippen LogP contribution in [-0.4, -0.2) is 26.3 Å². The predicted molar refractivity (Wildman–Crippen MR) is 133 cm³/mol. The molecule has 2 N–H and O–H groups in total. The molecule has 1 heterocycles. The van der Waals surface area contributed by atoms with E-state index in [4.69, 9.17) is 34.8 Å². The molecular weight excluding hydrogens is 521 g/mol. The average Bonchev–Trinajstić information content (AvgIpc) is 2.81. The van der Waals surface area contributed by atoms with Crippen molar-refractivity contribution in [1.82, 2.24) is 5.32 Å². The van der Waals surface area contributed by atoms with Crippen LogP contribution in [0.25, 0.3) is 0 Å². The number of nitrogens with one attached hydrogen (secondary N) is 2. The average molecular weight is 539 g/mol. The molecule has 0 radical (unpaired) electrons. The standard InChI is InChI=1S/C23H18Cl3N3O4S/c24-15-10-17(26)21(11-16(15)25)34(32,33)29-19-9-5-4-8-18(19)28-23(31)20(29)12-22(30)27-13-14-6-2-1-3-7-14/h1-11,20H,12-13H2,(H,27,30)(H,28,31)/t20-/m1/s1. The number of para-hydroxylation sites is 2. The number of hydrogen-bond acceptors (Lipinski definition) is 4. The quantitative estimate of drug-likeness (QED) is 0.438. The Hall–Kier alpha value is -2.78. The van der Waals surface area contributed by atoms with E-state index in [9.17, 15) is 18.0 Å². The van der Waals surface area contributed by atoms with Crippen molar-refractivity contribution in [2.24, 2.45) is 0 Å². The molecule has 0 aliphatic carbocycles. The van der Waals surface area contributed by atoms with Crippen molar-refractivity contribution in [3.8, 4) is 0 Å². The number of hydrogen-bond donors (Lipinski definition) is 2. The van der Waals surface area contributed by atoms with Crippen molar-refractivity contribution in [2.75, 3.05) is 9.62 Å². The summed E-state index contributed by atoms with van der Waals surface area (Å²) < 4.78 is 28.5. The number of rotatable bonds is 6. The predicted octanol–water partition coefficient (Wildman–Crippen LogP) is 4.87. The lowest BCUT2D eigenvalue weighted by molar-refractivity contribution is -0.125. The van der Waals surface area contributed by atoms with Gasteiger partial charge in [0.2, 0.25) is 11.8 Å². The molecule has 1 atom stereocenters. The first-order valence-corrected chi connectivity index (χ1v) is 12.7. The zero-order chi connectivity index (χ0) is 24.5. The molecular formula is C23H18Cl3N3O4S. The van der Waals surface area contributed by atoms with E-state index in [-0.39, 0.29) is 37.9 Å². The Balaban J connectivity index is 1.71. The lowest BCUT2D eigenvalue weighted by Crippen LogP contribution is -2.52. The summed E-state index contributed by atoms with van der Waals surface area (Å²) in [5, 5.41) is 5.30.